The Bertz CT molecular complexity index is 448. The molecule has 0 atom stereocenters. The first-order valence-corrected chi connectivity index (χ1v) is 6.92. The number of rotatable bonds is 4. The SMILES string of the molecule is CC(C)(C)c1cccc(COCN2CCCC2=O)c1. The molecule has 3 nitrogen and oxygen atoms in total. The van der Waals surface area contributed by atoms with E-state index < -0.39 is 0 Å². The summed E-state index contributed by atoms with van der Waals surface area (Å²) < 4.78 is 5.65. The second-order valence-corrected chi connectivity index (χ2v) is 6.19. The van der Waals surface area contributed by atoms with Gasteiger partial charge in [0.15, 0.2) is 0 Å². The number of amides is 1. The van der Waals surface area contributed by atoms with Crippen molar-refractivity contribution in [3.63, 3.8) is 0 Å². The van der Waals surface area contributed by atoms with Crippen molar-refractivity contribution in [3.05, 3.63) is 35.4 Å². The van der Waals surface area contributed by atoms with E-state index in [0.29, 0.717) is 19.8 Å². The van der Waals surface area contributed by atoms with Crippen molar-refractivity contribution in [1.29, 1.82) is 0 Å². The highest BCUT2D eigenvalue weighted by atomic mass is 16.5. The monoisotopic (exact) mass is 261 g/mol. The Balaban J connectivity index is 1.87. The molecule has 0 spiro atoms. The molecule has 1 heterocycles. The van der Waals surface area contributed by atoms with Crippen LogP contribution in [-0.2, 0) is 21.6 Å². The fraction of sp³-hybridized carbons (Fsp3) is 0.562. The van der Waals surface area contributed by atoms with Gasteiger partial charge in [0, 0.05) is 13.0 Å². The first-order chi connectivity index (χ1) is 8.97. The second-order valence-electron chi connectivity index (χ2n) is 6.19. The fourth-order valence-corrected chi connectivity index (χ4v) is 2.24. The maximum atomic E-state index is 11.4. The third kappa shape index (κ3) is 3.80. The van der Waals surface area contributed by atoms with E-state index in [1.165, 1.54) is 11.1 Å². The van der Waals surface area contributed by atoms with Crippen LogP contribution in [0.15, 0.2) is 24.3 Å². The van der Waals surface area contributed by atoms with E-state index in [9.17, 15) is 4.79 Å². The first kappa shape index (κ1) is 14.1. The van der Waals surface area contributed by atoms with Crippen LogP contribution in [0, 0.1) is 0 Å². The minimum Gasteiger partial charge on any atom is -0.356 e. The van der Waals surface area contributed by atoms with Crippen LogP contribution in [0.4, 0.5) is 0 Å². The summed E-state index contributed by atoms with van der Waals surface area (Å²) in [5, 5.41) is 0. The zero-order chi connectivity index (χ0) is 13.9. The van der Waals surface area contributed by atoms with Crippen molar-refractivity contribution in [2.45, 2.75) is 45.6 Å². The summed E-state index contributed by atoms with van der Waals surface area (Å²) >= 11 is 0. The van der Waals surface area contributed by atoms with Crippen LogP contribution in [0.3, 0.4) is 0 Å². The number of carbonyl (C=O) groups is 1. The van der Waals surface area contributed by atoms with Gasteiger partial charge in [0.25, 0.3) is 0 Å². The molecular formula is C16H23NO2. The van der Waals surface area contributed by atoms with Gasteiger partial charge in [-0.15, -0.1) is 0 Å². The normalized spacial score (nSPS) is 16.2. The van der Waals surface area contributed by atoms with Crippen LogP contribution in [-0.4, -0.2) is 24.1 Å². The van der Waals surface area contributed by atoms with E-state index in [0.717, 1.165) is 13.0 Å². The molecular weight excluding hydrogens is 238 g/mol. The predicted molar refractivity (Wildman–Crippen MR) is 75.7 cm³/mol. The average Bonchev–Trinajstić information content (AvgIpc) is 2.75. The smallest absolute Gasteiger partial charge is 0.224 e. The zero-order valence-corrected chi connectivity index (χ0v) is 12.1. The molecule has 1 fully saturated rings. The van der Waals surface area contributed by atoms with Crippen LogP contribution < -0.4 is 0 Å². The molecule has 1 saturated heterocycles. The van der Waals surface area contributed by atoms with Gasteiger partial charge in [-0.05, 0) is 23.0 Å². The molecule has 0 unspecified atom stereocenters. The van der Waals surface area contributed by atoms with Crippen LogP contribution in [0.25, 0.3) is 0 Å². The minimum atomic E-state index is 0.154. The van der Waals surface area contributed by atoms with Crippen LogP contribution in [0.1, 0.15) is 44.7 Å². The molecule has 1 amide bonds. The van der Waals surface area contributed by atoms with Crippen molar-refractivity contribution in [2.75, 3.05) is 13.3 Å². The number of hydrogen-bond acceptors (Lipinski definition) is 2. The summed E-state index contributed by atoms with van der Waals surface area (Å²) in [6.45, 7) is 8.43. The lowest BCUT2D eigenvalue weighted by Gasteiger charge is -2.20. The lowest BCUT2D eigenvalue weighted by Crippen LogP contribution is -2.27. The molecule has 104 valence electrons. The van der Waals surface area contributed by atoms with Crippen molar-refractivity contribution in [3.8, 4) is 0 Å². The second kappa shape index (κ2) is 5.74. The summed E-state index contributed by atoms with van der Waals surface area (Å²) in [4.78, 5) is 13.2. The van der Waals surface area contributed by atoms with Crippen molar-refractivity contribution in [2.24, 2.45) is 0 Å². The van der Waals surface area contributed by atoms with Gasteiger partial charge >= 0.3 is 0 Å². The summed E-state index contributed by atoms with van der Waals surface area (Å²) in [7, 11) is 0. The molecule has 19 heavy (non-hydrogen) atoms. The number of nitrogens with zero attached hydrogens (tertiary/aromatic N) is 1. The predicted octanol–water partition coefficient (Wildman–Crippen LogP) is 3.08. The summed E-state index contributed by atoms with van der Waals surface area (Å²) in [5.41, 5.74) is 2.63. The number of benzene rings is 1. The first-order valence-electron chi connectivity index (χ1n) is 6.92. The van der Waals surface area contributed by atoms with Gasteiger partial charge in [-0.2, -0.15) is 0 Å². The lowest BCUT2D eigenvalue weighted by molar-refractivity contribution is -0.132. The largest absolute Gasteiger partial charge is 0.356 e. The number of hydrogen-bond donors (Lipinski definition) is 0. The summed E-state index contributed by atoms with van der Waals surface area (Å²) in [6, 6.07) is 8.47. The van der Waals surface area contributed by atoms with Gasteiger partial charge in [-0.25, -0.2) is 0 Å². The molecule has 1 aromatic rings. The molecule has 0 bridgehead atoms. The molecule has 0 aromatic heterocycles. The van der Waals surface area contributed by atoms with Crippen molar-refractivity contribution in [1.82, 2.24) is 4.90 Å². The zero-order valence-electron chi connectivity index (χ0n) is 12.1. The highest BCUT2D eigenvalue weighted by Gasteiger charge is 2.19. The minimum absolute atomic E-state index is 0.154. The molecule has 2 rings (SSSR count). The Morgan fingerprint density at radius 2 is 2.11 bits per heavy atom. The Morgan fingerprint density at radius 3 is 2.74 bits per heavy atom. The van der Waals surface area contributed by atoms with Crippen LogP contribution in [0.5, 0.6) is 0 Å². The molecule has 1 aromatic carbocycles. The average molecular weight is 261 g/mol. The highest BCUT2D eigenvalue weighted by Crippen LogP contribution is 2.23. The quantitative estimate of drug-likeness (QED) is 0.833. The van der Waals surface area contributed by atoms with E-state index in [1.807, 2.05) is 0 Å². The van der Waals surface area contributed by atoms with Gasteiger partial charge in [0.2, 0.25) is 5.91 Å². The molecule has 3 heteroatoms. The van der Waals surface area contributed by atoms with Crippen LogP contribution >= 0.6 is 0 Å². The molecule has 0 aliphatic carbocycles. The number of carbonyl (C=O) groups excluding carboxylic acids is 1. The Labute approximate surface area is 115 Å². The number of likely N-dealkylation sites (tertiary alicyclic amines) is 1. The van der Waals surface area contributed by atoms with Gasteiger partial charge in [0.1, 0.15) is 6.73 Å². The third-order valence-corrected chi connectivity index (χ3v) is 3.48. The van der Waals surface area contributed by atoms with E-state index >= 15 is 0 Å². The van der Waals surface area contributed by atoms with Gasteiger partial charge in [-0.1, -0.05) is 45.0 Å². The van der Waals surface area contributed by atoms with Gasteiger partial charge < -0.3 is 9.64 Å². The standard InChI is InChI=1S/C16H23NO2/c1-16(2,3)14-7-4-6-13(10-14)11-19-12-17-9-5-8-15(17)18/h4,6-7,10H,5,8-9,11-12H2,1-3H3. The van der Waals surface area contributed by atoms with E-state index in [4.69, 9.17) is 4.74 Å². The van der Waals surface area contributed by atoms with Crippen molar-refractivity contribution < 1.29 is 9.53 Å². The fourth-order valence-electron chi connectivity index (χ4n) is 2.24. The third-order valence-electron chi connectivity index (χ3n) is 3.48. The van der Waals surface area contributed by atoms with E-state index in [2.05, 4.69) is 45.0 Å². The van der Waals surface area contributed by atoms with Gasteiger partial charge in [0.05, 0.1) is 6.61 Å². The molecule has 0 saturated carbocycles. The summed E-state index contributed by atoms with van der Waals surface area (Å²) in [6.07, 6.45) is 1.63. The molecule has 0 radical (unpaired) electrons. The summed E-state index contributed by atoms with van der Waals surface area (Å²) in [5.74, 6) is 0.212. The number of ether oxygens (including phenoxy) is 1. The Morgan fingerprint density at radius 1 is 1.32 bits per heavy atom. The highest BCUT2D eigenvalue weighted by molar-refractivity contribution is 5.77. The molecule has 1 aliphatic heterocycles. The topological polar surface area (TPSA) is 29.5 Å². The van der Waals surface area contributed by atoms with Crippen molar-refractivity contribution >= 4 is 5.91 Å². The Kier molecular flexibility index (Phi) is 4.25. The molecule has 0 N–H and O–H groups in total. The van der Waals surface area contributed by atoms with E-state index in [-0.39, 0.29) is 11.3 Å². The maximum absolute atomic E-state index is 11.4. The van der Waals surface area contributed by atoms with Crippen LogP contribution in [0.2, 0.25) is 0 Å². The lowest BCUT2D eigenvalue weighted by atomic mass is 9.86. The Hall–Kier alpha value is -1.35. The van der Waals surface area contributed by atoms with Gasteiger partial charge in [-0.3, -0.25) is 4.79 Å². The maximum Gasteiger partial charge on any atom is 0.224 e. The van der Waals surface area contributed by atoms with E-state index in [1.54, 1.807) is 4.90 Å². The molecule has 1 aliphatic rings.